The van der Waals surface area contributed by atoms with Crippen LogP contribution in [0.25, 0.3) is 0 Å². The zero-order valence-electron chi connectivity index (χ0n) is 11.5. The fraction of sp³-hybridized carbons (Fsp3) is 0.333. The first kappa shape index (κ1) is 15.2. The predicted molar refractivity (Wildman–Crippen MR) is 85.7 cm³/mol. The second-order valence-electron chi connectivity index (χ2n) is 4.14. The highest BCUT2D eigenvalue weighted by molar-refractivity contribution is 9.08. The first-order valence-corrected chi connectivity index (χ1v) is 8.24. The van der Waals surface area contributed by atoms with E-state index in [9.17, 15) is 0 Å². The maximum atomic E-state index is 5.86. The molecule has 0 radical (unpaired) electrons. The molecule has 0 fully saturated rings. The summed E-state index contributed by atoms with van der Waals surface area (Å²) in [5, 5.41) is 2.82. The van der Waals surface area contributed by atoms with Gasteiger partial charge in [-0.2, -0.15) is 0 Å². The smallest absolute Gasteiger partial charge is 0.203 e. The van der Waals surface area contributed by atoms with Gasteiger partial charge in [0.1, 0.15) is 0 Å². The number of alkyl halides is 1. The van der Waals surface area contributed by atoms with Crippen LogP contribution in [0, 0.1) is 0 Å². The normalized spacial score (nSPS) is 10.3. The number of benzene rings is 1. The van der Waals surface area contributed by atoms with Crippen molar-refractivity contribution in [2.45, 2.75) is 11.8 Å². The van der Waals surface area contributed by atoms with Gasteiger partial charge in [0.25, 0.3) is 0 Å². The maximum absolute atomic E-state index is 5.86. The molecular weight excluding hydrogens is 340 g/mol. The van der Waals surface area contributed by atoms with Crippen LogP contribution in [0.1, 0.15) is 10.4 Å². The molecule has 0 bridgehead atoms. The summed E-state index contributed by atoms with van der Waals surface area (Å²) in [6, 6.07) is 8.07. The summed E-state index contributed by atoms with van der Waals surface area (Å²) in [6.45, 7) is 0.598. The number of methoxy groups -OCH3 is 2. The van der Waals surface area contributed by atoms with Gasteiger partial charge in [0.15, 0.2) is 11.5 Å². The van der Waals surface area contributed by atoms with Gasteiger partial charge in [0, 0.05) is 16.6 Å². The molecule has 0 aliphatic rings. The van der Waals surface area contributed by atoms with Crippen molar-refractivity contribution in [3.8, 4) is 17.2 Å². The summed E-state index contributed by atoms with van der Waals surface area (Å²) in [6.07, 6.45) is 0.879. The molecule has 0 N–H and O–H groups in total. The van der Waals surface area contributed by atoms with Crippen LogP contribution in [-0.4, -0.2) is 20.8 Å². The summed E-state index contributed by atoms with van der Waals surface area (Å²) in [4.78, 5) is 1.31. The number of halogens is 1. The molecule has 108 valence electrons. The van der Waals surface area contributed by atoms with Crippen molar-refractivity contribution < 1.29 is 14.2 Å². The van der Waals surface area contributed by atoms with E-state index in [1.807, 2.05) is 18.2 Å². The molecule has 1 aromatic carbocycles. The number of hydrogen-bond acceptors (Lipinski definition) is 4. The van der Waals surface area contributed by atoms with Gasteiger partial charge in [-0.1, -0.05) is 22.0 Å². The van der Waals surface area contributed by atoms with Crippen LogP contribution in [0.2, 0.25) is 0 Å². The quantitative estimate of drug-likeness (QED) is 0.693. The fourth-order valence-corrected chi connectivity index (χ4v) is 2.88. The van der Waals surface area contributed by atoms with Crippen molar-refractivity contribution in [1.29, 1.82) is 0 Å². The van der Waals surface area contributed by atoms with Crippen LogP contribution >= 0.6 is 27.3 Å². The van der Waals surface area contributed by atoms with E-state index in [1.165, 1.54) is 4.88 Å². The Labute approximate surface area is 131 Å². The van der Waals surface area contributed by atoms with E-state index in [4.69, 9.17) is 14.2 Å². The van der Waals surface area contributed by atoms with Gasteiger partial charge < -0.3 is 14.2 Å². The number of rotatable bonds is 7. The van der Waals surface area contributed by atoms with Crippen molar-refractivity contribution >= 4 is 27.3 Å². The van der Waals surface area contributed by atoms with Crippen molar-refractivity contribution in [3.63, 3.8) is 0 Å². The van der Waals surface area contributed by atoms with Gasteiger partial charge in [-0.25, -0.2) is 0 Å². The van der Waals surface area contributed by atoms with Gasteiger partial charge in [-0.05, 0) is 29.1 Å². The minimum absolute atomic E-state index is 0.598. The van der Waals surface area contributed by atoms with Crippen LogP contribution in [0.4, 0.5) is 0 Å². The molecule has 1 heterocycles. The highest BCUT2D eigenvalue weighted by Gasteiger charge is 2.14. The Morgan fingerprint density at radius 1 is 1.15 bits per heavy atom. The Morgan fingerprint density at radius 2 is 1.85 bits per heavy atom. The number of hydrogen-bond donors (Lipinski definition) is 0. The lowest BCUT2D eigenvalue weighted by Gasteiger charge is -2.15. The van der Waals surface area contributed by atoms with Crippen LogP contribution < -0.4 is 14.2 Å². The molecule has 0 saturated carbocycles. The standard InChI is InChI=1S/C15H17BrO3S/c1-17-13-8-11(10-16)9-14(18-2)15(13)19-6-5-12-4-3-7-20-12/h3-4,7-9H,5-6,10H2,1-2H3. The molecule has 20 heavy (non-hydrogen) atoms. The van der Waals surface area contributed by atoms with Gasteiger partial charge in [0.05, 0.1) is 20.8 Å². The Morgan fingerprint density at radius 3 is 2.35 bits per heavy atom. The zero-order valence-corrected chi connectivity index (χ0v) is 13.9. The van der Waals surface area contributed by atoms with Gasteiger partial charge >= 0.3 is 0 Å². The van der Waals surface area contributed by atoms with Gasteiger partial charge in [0.2, 0.25) is 5.75 Å². The highest BCUT2D eigenvalue weighted by Crippen LogP contribution is 2.39. The lowest BCUT2D eigenvalue weighted by Crippen LogP contribution is -2.04. The summed E-state index contributed by atoms with van der Waals surface area (Å²) < 4.78 is 16.7. The van der Waals surface area contributed by atoms with E-state index in [-0.39, 0.29) is 0 Å². The van der Waals surface area contributed by atoms with Gasteiger partial charge in [-0.15, -0.1) is 11.3 Å². The minimum atomic E-state index is 0.598. The molecular formula is C15H17BrO3S. The third-order valence-electron chi connectivity index (χ3n) is 2.85. The summed E-state index contributed by atoms with van der Waals surface area (Å²) in [7, 11) is 3.28. The first-order valence-electron chi connectivity index (χ1n) is 6.24. The van der Waals surface area contributed by atoms with E-state index in [0.29, 0.717) is 23.9 Å². The molecule has 0 amide bonds. The Balaban J connectivity index is 2.12. The molecule has 0 atom stereocenters. The number of ether oxygens (including phenoxy) is 3. The SMILES string of the molecule is COc1cc(CBr)cc(OC)c1OCCc1cccs1. The number of thiophene rings is 1. The average Bonchev–Trinajstić information content (AvgIpc) is 3.00. The minimum Gasteiger partial charge on any atom is -0.493 e. The molecule has 0 saturated heterocycles. The summed E-state index contributed by atoms with van der Waals surface area (Å²) in [5.41, 5.74) is 1.09. The molecule has 2 rings (SSSR count). The fourth-order valence-electron chi connectivity index (χ4n) is 1.86. The Hall–Kier alpha value is -1.20. The largest absolute Gasteiger partial charge is 0.493 e. The lowest BCUT2D eigenvalue weighted by molar-refractivity contribution is 0.278. The summed E-state index contributed by atoms with van der Waals surface area (Å²) >= 11 is 5.17. The van der Waals surface area contributed by atoms with Crippen LogP contribution in [0.15, 0.2) is 29.6 Å². The Kier molecular flexibility index (Phi) is 5.73. The predicted octanol–water partition coefficient (Wildman–Crippen LogP) is 4.28. The third kappa shape index (κ3) is 3.67. The first-order chi connectivity index (χ1) is 9.78. The average molecular weight is 357 g/mol. The van der Waals surface area contributed by atoms with E-state index >= 15 is 0 Å². The molecule has 0 spiro atoms. The van der Waals surface area contributed by atoms with E-state index in [1.54, 1.807) is 25.6 Å². The maximum Gasteiger partial charge on any atom is 0.203 e. The Bertz CT molecular complexity index is 515. The molecule has 0 aliphatic heterocycles. The van der Waals surface area contributed by atoms with Crippen LogP contribution in [0.3, 0.4) is 0 Å². The zero-order chi connectivity index (χ0) is 14.4. The van der Waals surface area contributed by atoms with E-state index < -0.39 is 0 Å². The van der Waals surface area contributed by atoms with Crippen molar-refractivity contribution in [3.05, 3.63) is 40.1 Å². The summed E-state index contributed by atoms with van der Waals surface area (Å²) in [5.74, 6) is 2.06. The molecule has 2 aromatic rings. The second kappa shape index (κ2) is 7.55. The monoisotopic (exact) mass is 356 g/mol. The van der Waals surface area contributed by atoms with E-state index in [2.05, 4.69) is 27.4 Å². The van der Waals surface area contributed by atoms with Crippen molar-refractivity contribution in [1.82, 2.24) is 0 Å². The topological polar surface area (TPSA) is 27.7 Å². The second-order valence-corrected chi connectivity index (χ2v) is 5.73. The third-order valence-corrected chi connectivity index (χ3v) is 4.43. The molecule has 0 unspecified atom stereocenters. The highest BCUT2D eigenvalue weighted by atomic mass is 79.9. The van der Waals surface area contributed by atoms with Gasteiger partial charge in [-0.3, -0.25) is 0 Å². The lowest BCUT2D eigenvalue weighted by atomic mass is 10.2. The van der Waals surface area contributed by atoms with Crippen molar-refractivity contribution in [2.24, 2.45) is 0 Å². The molecule has 0 aliphatic carbocycles. The van der Waals surface area contributed by atoms with Crippen molar-refractivity contribution in [2.75, 3.05) is 20.8 Å². The van der Waals surface area contributed by atoms with Crippen LogP contribution in [-0.2, 0) is 11.8 Å². The molecule has 5 heteroatoms. The molecule has 1 aromatic heterocycles. The van der Waals surface area contributed by atoms with E-state index in [0.717, 1.165) is 17.3 Å². The molecule has 3 nitrogen and oxygen atoms in total. The van der Waals surface area contributed by atoms with Crippen LogP contribution in [0.5, 0.6) is 17.2 Å².